The molecule has 0 bridgehead atoms. The third-order valence-corrected chi connectivity index (χ3v) is 7.40. The number of amides is 1. The van der Waals surface area contributed by atoms with Crippen LogP contribution >= 0.6 is 0 Å². The van der Waals surface area contributed by atoms with Gasteiger partial charge in [-0.2, -0.15) is 5.26 Å². The monoisotopic (exact) mass is 529 g/mol. The fraction of sp³-hybridized carbons (Fsp3) is 0.375. The number of hydrogen-bond donors (Lipinski definition) is 1. The third kappa shape index (κ3) is 6.58. The van der Waals surface area contributed by atoms with Crippen molar-refractivity contribution < 1.29 is 18.7 Å². The molecule has 1 N–H and O–H groups in total. The van der Waals surface area contributed by atoms with Crippen LogP contribution in [0.1, 0.15) is 51.2 Å². The molecule has 1 fully saturated rings. The molecule has 0 spiro atoms. The van der Waals surface area contributed by atoms with Gasteiger partial charge in [0.25, 0.3) is 0 Å². The van der Waals surface area contributed by atoms with Gasteiger partial charge in [0.1, 0.15) is 17.3 Å². The number of benzene rings is 3. The molecule has 0 aliphatic carbocycles. The number of nitrogens with zero attached hydrogens (tertiary/aromatic N) is 2. The molecular weight excluding hydrogens is 493 g/mol. The number of hydrogen-bond acceptors (Lipinski definition) is 5. The van der Waals surface area contributed by atoms with Gasteiger partial charge in [-0.05, 0) is 98.3 Å². The maximum absolute atomic E-state index is 13.6. The molecule has 39 heavy (non-hydrogen) atoms. The number of carbonyl (C=O) groups excluding carboxylic acids is 1. The van der Waals surface area contributed by atoms with Crippen LogP contribution < -0.4 is 19.7 Å². The molecule has 1 amide bonds. The Bertz CT molecular complexity index is 1290. The van der Waals surface area contributed by atoms with E-state index in [-0.39, 0.29) is 17.1 Å². The Balaban J connectivity index is 1.44. The van der Waals surface area contributed by atoms with E-state index in [4.69, 9.17) is 14.7 Å². The Kier molecular flexibility index (Phi) is 9.21. The first-order valence-corrected chi connectivity index (χ1v) is 13.6. The smallest absolute Gasteiger partial charge is 0.227 e. The Hall–Kier alpha value is -3.89. The van der Waals surface area contributed by atoms with Gasteiger partial charge in [0, 0.05) is 25.2 Å². The van der Waals surface area contributed by atoms with Crippen LogP contribution in [0, 0.1) is 22.6 Å². The number of carbonyl (C=O) groups is 1. The van der Waals surface area contributed by atoms with E-state index in [9.17, 15) is 9.18 Å². The van der Waals surface area contributed by atoms with Gasteiger partial charge >= 0.3 is 0 Å². The van der Waals surface area contributed by atoms with E-state index in [1.807, 2.05) is 43.0 Å². The molecule has 1 aliphatic rings. The van der Waals surface area contributed by atoms with Gasteiger partial charge in [-0.1, -0.05) is 19.1 Å². The van der Waals surface area contributed by atoms with Crippen molar-refractivity contribution in [3.63, 3.8) is 0 Å². The van der Waals surface area contributed by atoms with Crippen molar-refractivity contribution in [2.75, 3.05) is 31.2 Å². The number of rotatable bonds is 12. The first-order chi connectivity index (χ1) is 18.9. The Morgan fingerprint density at radius 1 is 1.00 bits per heavy atom. The third-order valence-electron chi connectivity index (χ3n) is 7.40. The summed E-state index contributed by atoms with van der Waals surface area (Å²) in [6.07, 6.45) is 2.29. The van der Waals surface area contributed by atoms with E-state index in [0.29, 0.717) is 49.8 Å². The normalized spacial score (nSPS) is 16.8. The van der Waals surface area contributed by atoms with Gasteiger partial charge in [0.15, 0.2) is 0 Å². The zero-order chi connectivity index (χ0) is 27.8. The Labute approximate surface area is 230 Å². The second-order valence-electron chi connectivity index (χ2n) is 9.94. The predicted molar refractivity (Wildman–Crippen MR) is 151 cm³/mol. The van der Waals surface area contributed by atoms with Gasteiger partial charge in [0.05, 0.1) is 30.4 Å². The molecule has 3 aromatic rings. The summed E-state index contributed by atoms with van der Waals surface area (Å²) < 4.78 is 25.5. The van der Waals surface area contributed by atoms with Gasteiger partial charge in [0.2, 0.25) is 5.91 Å². The van der Waals surface area contributed by atoms with E-state index in [0.717, 1.165) is 41.8 Å². The van der Waals surface area contributed by atoms with Crippen molar-refractivity contribution in [2.24, 2.45) is 5.41 Å². The van der Waals surface area contributed by atoms with Gasteiger partial charge in [-0.25, -0.2) is 4.39 Å². The molecule has 3 aromatic carbocycles. The molecule has 4 rings (SSSR count). The molecule has 1 saturated heterocycles. The van der Waals surface area contributed by atoms with Crippen molar-refractivity contribution >= 4 is 11.6 Å². The van der Waals surface area contributed by atoms with Crippen LogP contribution in [0.3, 0.4) is 0 Å². The molecule has 7 heteroatoms. The largest absolute Gasteiger partial charge is 0.493 e. The highest BCUT2D eigenvalue weighted by Crippen LogP contribution is 2.41. The molecule has 204 valence electrons. The van der Waals surface area contributed by atoms with E-state index in [2.05, 4.69) is 18.3 Å². The lowest BCUT2D eigenvalue weighted by Crippen LogP contribution is -2.31. The average Bonchev–Trinajstić information content (AvgIpc) is 3.29. The van der Waals surface area contributed by atoms with Crippen LogP contribution in [0.2, 0.25) is 0 Å². The van der Waals surface area contributed by atoms with Crippen LogP contribution in [0.15, 0.2) is 60.7 Å². The van der Waals surface area contributed by atoms with Crippen molar-refractivity contribution in [3.05, 3.63) is 77.6 Å². The fourth-order valence-electron chi connectivity index (χ4n) is 5.20. The summed E-state index contributed by atoms with van der Waals surface area (Å²) in [4.78, 5) is 14.8. The summed E-state index contributed by atoms with van der Waals surface area (Å²) >= 11 is 0. The summed E-state index contributed by atoms with van der Waals surface area (Å²) in [5.74, 6) is 1.25. The topological polar surface area (TPSA) is 74.6 Å². The number of halogens is 1. The molecule has 0 radical (unpaired) electrons. The van der Waals surface area contributed by atoms with Crippen molar-refractivity contribution in [2.45, 2.75) is 46.6 Å². The van der Waals surface area contributed by atoms with Crippen LogP contribution in [0.4, 0.5) is 10.1 Å². The highest BCUT2D eigenvalue weighted by molar-refractivity contribution is 5.96. The van der Waals surface area contributed by atoms with Crippen molar-refractivity contribution in [1.82, 2.24) is 5.32 Å². The average molecular weight is 530 g/mol. The zero-order valence-electron chi connectivity index (χ0n) is 22.9. The van der Waals surface area contributed by atoms with Gasteiger partial charge < -0.3 is 19.7 Å². The number of nitrogens with one attached hydrogen (secondary N) is 1. The molecule has 0 saturated carbocycles. The van der Waals surface area contributed by atoms with Crippen LogP contribution in [0.5, 0.6) is 11.5 Å². The highest BCUT2D eigenvalue weighted by atomic mass is 19.1. The molecule has 1 heterocycles. The van der Waals surface area contributed by atoms with E-state index in [1.165, 1.54) is 12.1 Å². The molecule has 1 atom stereocenters. The predicted octanol–water partition coefficient (Wildman–Crippen LogP) is 6.47. The minimum Gasteiger partial charge on any atom is -0.493 e. The van der Waals surface area contributed by atoms with Gasteiger partial charge in [-0.3, -0.25) is 4.79 Å². The molecule has 0 aromatic heterocycles. The molecule has 6 nitrogen and oxygen atoms in total. The lowest BCUT2D eigenvalue weighted by Gasteiger charge is -2.27. The van der Waals surface area contributed by atoms with E-state index < -0.39 is 0 Å². The highest BCUT2D eigenvalue weighted by Gasteiger charge is 2.41. The first-order valence-electron chi connectivity index (χ1n) is 13.6. The SMILES string of the molecule is CCOc1cc(CNCCC2(CC)CC(=O)N(c3ccc(C#N)cc3)C2)cc(OCC)c1-c1ccc(F)cc1. The summed E-state index contributed by atoms with van der Waals surface area (Å²) in [5, 5.41) is 12.6. The second-order valence-corrected chi connectivity index (χ2v) is 9.94. The quantitative estimate of drug-likeness (QED) is 0.272. The van der Waals surface area contributed by atoms with Crippen LogP contribution in [-0.4, -0.2) is 32.2 Å². The maximum atomic E-state index is 13.6. The minimum absolute atomic E-state index is 0.0998. The van der Waals surface area contributed by atoms with Crippen LogP contribution in [0.25, 0.3) is 11.1 Å². The Morgan fingerprint density at radius 2 is 1.64 bits per heavy atom. The fourth-order valence-corrected chi connectivity index (χ4v) is 5.20. The molecule has 1 unspecified atom stereocenters. The summed E-state index contributed by atoms with van der Waals surface area (Å²) in [5.41, 5.74) is 4.01. The standard InChI is InChI=1S/C32H36FN3O3/c1-4-32(19-30(37)36(22-32)27-13-7-23(20-34)8-14-27)15-16-35-21-24-17-28(38-5-2)31(29(18-24)39-6-3)25-9-11-26(33)12-10-25/h7-14,17-18,35H,4-6,15-16,19,21-22H2,1-3H3. The Morgan fingerprint density at radius 3 is 2.21 bits per heavy atom. The van der Waals surface area contributed by atoms with Crippen molar-refractivity contribution in [1.29, 1.82) is 5.26 Å². The number of ether oxygens (including phenoxy) is 2. The lowest BCUT2D eigenvalue weighted by molar-refractivity contribution is -0.117. The molecule has 1 aliphatic heterocycles. The van der Waals surface area contributed by atoms with Crippen molar-refractivity contribution in [3.8, 4) is 28.7 Å². The zero-order valence-corrected chi connectivity index (χ0v) is 22.9. The maximum Gasteiger partial charge on any atom is 0.227 e. The van der Waals surface area contributed by atoms with Crippen LogP contribution in [-0.2, 0) is 11.3 Å². The lowest BCUT2D eigenvalue weighted by atomic mass is 9.81. The van der Waals surface area contributed by atoms with E-state index in [1.54, 1.807) is 24.3 Å². The summed E-state index contributed by atoms with van der Waals surface area (Å²) in [6.45, 7) is 9.07. The first kappa shape index (κ1) is 28.1. The van der Waals surface area contributed by atoms with E-state index >= 15 is 0 Å². The number of nitriles is 1. The minimum atomic E-state index is -0.288. The van der Waals surface area contributed by atoms with Gasteiger partial charge in [-0.15, -0.1) is 0 Å². The second kappa shape index (κ2) is 12.8. The summed E-state index contributed by atoms with van der Waals surface area (Å²) in [6, 6.07) is 19.7. The molecular formula is C32H36FN3O3. The number of anilines is 1. The summed E-state index contributed by atoms with van der Waals surface area (Å²) in [7, 11) is 0.